The third-order valence-electron chi connectivity index (χ3n) is 4.74. The number of fused-ring (bicyclic) bond motifs is 3. The van der Waals surface area contributed by atoms with Crippen LogP contribution in [0.2, 0.25) is 0 Å². The summed E-state index contributed by atoms with van der Waals surface area (Å²) >= 11 is 0. The van der Waals surface area contributed by atoms with Crippen LogP contribution in [0.15, 0.2) is 46.9 Å². The van der Waals surface area contributed by atoms with E-state index in [1.165, 1.54) is 0 Å². The molecule has 5 heteroatoms. The second-order valence-electron chi connectivity index (χ2n) is 6.36. The van der Waals surface area contributed by atoms with Crippen LogP contribution >= 0.6 is 0 Å². The van der Waals surface area contributed by atoms with Crippen molar-refractivity contribution < 1.29 is 12.8 Å². The maximum atomic E-state index is 11.7. The van der Waals surface area contributed by atoms with Crippen LogP contribution < -0.4 is 0 Å². The topological polar surface area (TPSA) is 50.5 Å². The van der Waals surface area contributed by atoms with Gasteiger partial charge in [0.05, 0.1) is 11.5 Å². The van der Waals surface area contributed by atoms with Gasteiger partial charge in [0.2, 0.25) is 0 Å². The first-order valence-corrected chi connectivity index (χ1v) is 9.65. The van der Waals surface area contributed by atoms with Crippen LogP contribution in [0.3, 0.4) is 0 Å². The fraction of sp³-hybridized carbons (Fsp3) is 0.333. The number of furan rings is 1. The molecule has 1 saturated heterocycles. The summed E-state index contributed by atoms with van der Waals surface area (Å²) in [5.74, 6) is 0.566. The summed E-state index contributed by atoms with van der Waals surface area (Å²) in [4.78, 5) is 2.13. The molecule has 4 nitrogen and oxygen atoms in total. The SMILES string of the molecule is CN(Cc1cccc2c1oc1ccccc12)[C@@H]1CCS(=O)(=O)C1. The highest BCUT2D eigenvalue weighted by Gasteiger charge is 2.30. The van der Waals surface area contributed by atoms with Gasteiger partial charge < -0.3 is 4.42 Å². The molecule has 4 rings (SSSR count). The summed E-state index contributed by atoms with van der Waals surface area (Å²) < 4.78 is 29.4. The van der Waals surface area contributed by atoms with E-state index in [1.54, 1.807) is 0 Å². The molecular formula is C18H19NO3S. The molecule has 0 bridgehead atoms. The number of nitrogens with zero attached hydrogens (tertiary/aromatic N) is 1. The molecule has 0 unspecified atom stereocenters. The Balaban J connectivity index is 1.69. The first-order chi connectivity index (χ1) is 11.0. The number of para-hydroxylation sites is 2. The molecule has 2 aromatic carbocycles. The van der Waals surface area contributed by atoms with Crippen LogP contribution in [0.4, 0.5) is 0 Å². The summed E-state index contributed by atoms with van der Waals surface area (Å²) in [7, 11) is -0.868. The predicted molar refractivity (Wildman–Crippen MR) is 92.2 cm³/mol. The Morgan fingerprint density at radius 2 is 1.91 bits per heavy atom. The first-order valence-electron chi connectivity index (χ1n) is 7.83. The van der Waals surface area contributed by atoms with E-state index in [0.29, 0.717) is 12.3 Å². The zero-order valence-electron chi connectivity index (χ0n) is 13.0. The molecule has 0 N–H and O–H groups in total. The van der Waals surface area contributed by atoms with E-state index in [2.05, 4.69) is 23.1 Å². The normalized spacial score (nSPS) is 20.7. The molecule has 1 atom stereocenters. The molecular weight excluding hydrogens is 310 g/mol. The second-order valence-corrected chi connectivity index (χ2v) is 8.59. The Morgan fingerprint density at radius 3 is 2.70 bits per heavy atom. The lowest BCUT2D eigenvalue weighted by Crippen LogP contribution is -2.32. The van der Waals surface area contributed by atoms with Crippen molar-refractivity contribution in [2.24, 2.45) is 0 Å². The Morgan fingerprint density at radius 1 is 1.13 bits per heavy atom. The van der Waals surface area contributed by atoms with E-state index in [9.17, 15) is 8.42 Å². The minimum absolute atomic E-state index is 0.0969. The van der Waals surface area contributed by atoms with E-state index in [0.717, 1.165) is 33.9 Å². The van der Waals surface area contributed by atoms with Crippen molar-refractivity contribution in [3.63, 3.8) is 0 Å². The fourth-order valence-corrected chi connectivity index (χ4v) is 5.26. The van der Waals surface area contributed by atoms with Gasteiger partial charge in [0.1, 0.15) is 11.2 Å². The molecule has 1 aliphatic rings. The average Bonchev–Trinajstić information content (AvgIpc) is 3.08. The van der Waals surface area contributed by atoms with Crippen LogP contribution in [0.5, 0.6) is 0 Å². The average molecular weight is 329 g/mol. The molecule has 1 aromatic heterocycles. The Kier molecular flexibility index (Phi) is 3.43. The van der Waals surface area contributed by atoms with Crippen molar-refractivity contribution in [2.75, 3.05) is 18.6 Å². The van der Waals surface area contributed by atoms with E-state index < -0.39 is 9.84 Å². The summed E-state index contributed by atoms with van der Waals surface area (Å²) in [6, 6.07) is 14.3. The van der Waals surface area contributed by atoms with Crippen molar-refractivity contribution in [3.05, 3.63) is 48.0 Å². The number of sulfone groups is 1. The molecule has 1 aliphatic heterocycles. The quantitative estimate of drug-likeness (QED) is 0.740. The second kappa shape index (κ2) is 5.35. The molecule has 0 saturated carbocycles. The number of benzene rings is 2. The van der Waals surface area contributed by atoms with Crippen LogP contribution in [0, 0.1) is 0 Å². The monoisotopic (exact) mass is 329 g/mol. The van der Waals surface area contributed by atoms with Crippen LogP contribution in [-0.2, 0) is 16.4 Å². The highest BCUT2D eigenvalue weighted by molar-refractivity contribution is 7.91. The fourth-order valence-electron chi connectivity index (χ4n) is 3.45. The summed E-state index contributed by atoms with van der Waals surface area (Å²) in [6.07, 6.45) is 0.717. The molecule has 120 valence electrons. The lowest BCUT2D eigenvalue weighted by molar-refractivity contribution is 0.254. The number of hydrogen-bond acceptors (Lipinski definition) is 4. The zero-order valence-corrected chi connectivity index (χ0v) is 13.8. The van der Waals surface area contributed by atoms with Crippen LogP contribution in [0.25, 0.3) is 21.9 Å². The van der Waals surface area contributed by atoms with Crippen molar-refractivity contribution in [1.29, 1.82) is 0 Å². The van der Waals surface area contributed by atoms with E-state index in [-0.39, 0.29) is 11.8 Å². The molecule has 3 aromatic rings. The zero-order chi connectivity index (χ0) is 16.0. The van der Waals surface area contributed by atoms with Crippen molar-refractivity contribution in [2.45, 2.75) is 19.0 Å². The van der Waals surface area contributed by atoms with Crippen LogP contribution in [0.1, 0.15) is 12.0 Å². The van der Waals surface area contributed by atoms with Gasteiger partial charge in [-0.3, -0.25) is 4.90 Å². The van der Waals surface area contributed by atoms with Crippen molar-refractivity contribution >= 4 is 31.8 Å². The van der Waals surface area contributed by atoms with Gasteiger partial charge >= 0.3 is 0 Å². The van der Waals surface area contributed by atoms with Gasteiger partial charge in [-0.15, -0.1) is 0 Å². The Hall–Kier alpha value is -1.85. The lowest BCUT2D eigenvalue weighted by atomic mass is 10.1. The first kappa shape index (κ1) is 14.7. The molecule has 0 radical (unpaired) electrons. The lowest BCUT2D eigenvalue weighted by Gasteiger charge is -2.23. The van der Waals surface area contributed by atoms with Crippen LogP contribution in [-0.4, -0.2) is 37.9 Å². The standard InChI is InChI=1S/C18H19NO3S/c1-19(14-9-10-23(20,21)12-14)11-13-5-4-7-16-15-6-2-3-8-17(15)22-18(13)16/h2-8,14H,9-12H2,1H3/t14-/m1/s1. The predicted octanol–water partition coefficient (Wildman–Crippen LogP) is 3.20. The van der Waals surface area contributed by atoms with Gasteiger partial charge in [0.25, 0.3) is 0 Å². The Labute approximate surface area is 135 Å². The summed E-state index contributed by atoms with van der Waals surface area (Å²) in [6.45, 7) is 0.692. The highest BCUT2D eigenvalue weighted by atomic mass is 32.2. The highest BCUT2D eigenvalue weighted by Crippen LogP contribution is 2.31. The van der Waals surface area contributed by atoms with E-state index >= 15 is 0 Å². The maximum absolute atomic E-state index is 11.7. The smallest absolute Gasteiger partial charge is 0.151 e. The van der Waals surface area contributed by atoms with Gasteiger partial charge in [-0.1, -0.05) is 36.4 Å². The minimum atomic E-state index is -2.86. The molecule has 0 aliphatic carbocycles. The summed E-state index contributed by atoms with van der Waals surface area (Å²) in [5.41, 5.74) is 2.90. The summed E-state index contributed by atoms with van der Waals surface area (Å²) in [5, 5.41) is 2.24. The third-order valence-corrected chi connectivity index (χ3v) is 6.49. The minimum Gasteiger partial charge on any atom is -0.456 e. The third kappa shape index (κ3) is 2.64. The Bertz CT molecular complexity index is 974. The van der Waals surface area contributed by atoms with Gasteiger partial charge in [0, 0.05) is 28.9 Å². The van der Waals surface area contributed by atoms with E-state index in [1.807, 2.05) is 31.3 Å². The maximum Gasteiger partial charge on any atom is 0.151 e. The number of hydrogen-bond donors (Lipinski definition) is 0. The number of rotatable bonds is 3. The van der Waals surface area contributed by atoms with Gasteiger partial charge in [0.15, 0.2) is 9.84 Å². The van der Waals surface area contributed by atoms with Gasteiger partial charge in [-0.25, -0.2) is 8.42 Å². The largest absolute Gasteiger partial charge is 0.456 e. The molecule has 0 spiro atoms. The van der Waals surface area contributed by atoms with E-state index in [4.69, 9.17) is 4.42 Å². The van der Waals surface area contributed by atoms with Crippen molar-refractivity contribution in [1.82, 2.24) is 4.90 Å². The van der Waals surface area contributed by atoms with Gasteiger partial charge in [-0.05, 0) is 19.5 Å². The molecule has 0 amide bonds. The molecule has 1 fully saturated rings. The molecule has 2 heterocycles. The van der Waals surface area contributed by atoms with Gasteiger partial charge in [-0.2, -0.15) is 0 Å². The van der Waals surface area contributed by atoms with Crippen molar-refractivity contribution in [3.8, 4) is 0 Å². The molecule has 23 heavy (non-hydrogen) atoms.